The molecule has 2 amide bonds. The number of aryl methyl sites for hydroxylation is 1. The zero-order chi connectivity index (χ0) is 18.9. The molecule has 0 radical (unpaired) electrons. The molecule has 0 spiro atoms. The van der Waals surface area contributed by atoms with Crippen LogP contribution in [0.2, 0.25) is 0 Å². The summed E-state index contributed by atoms with van der Waals surface area (Å²) in [7, 11) is 0. The quantitative estimate of drug-likeness (QED) is 0.643. The highest BCUT2D eigenvalue weighted by atomic mass is 79.9. The molecule has 0 atom stereocenters. The van der Waals surface area contributed by atoms with Crippen molar-refractivity contribution in [3.8, 4) is 0 Å². The van der Waals surface area contributed by atoms with E-state index in [1.54, 1.807) is 24.3 Å². The molecule has 2 aromatic carbocycles. The normalized spacial score (nSPS) is 10.2. The summed E-state index contributed by atoms with van der Waals surface area (Å²) in [5, 5.41) is 5.33. The molecule has 5 nitrogen and oxygen atoms in total. The summed E-state index contributed by atoms with van der Waals surface area (Å²) in [5.41, 5.74) is 2.35. The summed E-state index contributed by atoms with van der Waals surface area (Å²) in [6.45, 7) is 1.89. The van der Waals surface area contributed by atoms with Gasteiger partial charge < -0.3 is 10.6 Å². The van der Waals surface area contributed by atoms with Crippen molar-refractivity contribution in [3.63, 3.8) is 0 Å². The Hall–Kier alpha value is -2.47. The number of rotatable bonds is 8. The number of hydrogen-bond acceptors (Lipinski definition) is 3. The van der Waals surface area contributed by atoms with Crippen LogP contribution in [0.15, 0.2) is 53.0 Å². The second-order valence-electron chi connectivity index (χ2n) is 5.77. The molecule has 26 heavy (non-hydrogen) atoms. The van der Waals surface area contributed by atoms with E-state index in [-0.39, 0.29) is 37.0 Å². The van der Waals surface area contributed by atoms with Crippen molar-refractivity contribution >= 4 is 39.2 Å². The van der Waals surface area contributed by atoms with Crippen LogP contribution in [-0.4, -0.2) is 24.1 Å². The molecule has 0 fully saturated rings. The smallest absolute Gasteiger partial charge is 0.243 e. The van der Waals surface area contributed by atoms with Crippen LogP contribution in [0.1, 0.15) is 35.7 Å². The van der Waals surface area contributed by atoms with E-state index >= 15 is 0 Å². The predicted molar refractivity (Wildman–Crippen MR) is 105 cm³/mol. The van der Waals surface area contributed by atoms with Gasteiger partial charge >= 0.3 is 0 Å². The molecule has 2 rings (SSSR count). The highest BCUT2D eigenvalue weighted by Gasteiger charge is 2.11. The number of hydrogen-bond donors (Lipinski definition) is 2. The summed E-state index contributed by atoms with van der Waals surface area (Å²) < 4.78 is 0.891. The first-order valence-electron chi connectivity index (χ1n) is 8.42. The Kier molecular flexibility index (Phi) is 7.53. The van der Waals surface area contributed by atoms with E-state index in [1.807, 2.05) is 31.2 Å². The molecule has 0 aliphatic heterocycles. The number of benzene rings is 2. The van der Waals surface area contributed by atoms with Gasteiger partial charge in [-0.25, -0.2) is 0 Å². The number of carbonyl (C=O) groups is 3. The third kappa shape index (κ3) is 6.11. The summed E-state index contributed by atoms with van der Waals surface area (Å²) in [6, 6.07) is 14.5. The number of Topliss-reactive ketones (excluding diaryl/α,β-unsaturated/α-hetero) is 1. The summed E-state index contributed by atoms with van der Waals surface area (Å²) in [6.07, 6.45) is 0.961. The fourth-order valence-corrected chi connectivity index (χ4v) is 2.68. The van der Waals surface area contributed by atoms with Crippen LogP contribution in [0.5, 0.6) is 0 Å². The zero-order valence-corrected chi connectivity index (χ0v) is 16.1. The van der Waals surface area contributed by atoms with Gasteiger partial charge in [0.2, 0.25) is 11.8 Å². The zero-order valence-electron chi connectivity index (χ0n) is 14.5. The van der Waals surface area contributed by atoms with Crippen molar-refractivity contribution in [2.75, 3.05) is 11.9 Å². The molecular formula is C20H21BrN2O3. The lowest BCUT2D eigenvalue weighted by molar-refractivity contribution is -0.124. The number of anilines is 1. The molecule has 0 bridgehead atoms. The van der Waals surface area contributed by atoms with Crippen LogP contribution in [0.4, 0.5) is 5.69 Å². The van der Waals surface area contributed by atoms with E-state index in [2.05, 4.69) is 26.6 Å². The Labute approximate surface area is 161 Å². The Morgan fingerprint density at radius 3 is 2.31 bits per heavy atom. The number of nitrogens with one attached hydrogen (secondary N) is 2. The first-order valence-corrected chi connectivity index (χ1v) is 9.22. The molecule has 2 aromatic rings. The fraction of sp³-hybridized carbons (Fsp3) is 0.250. The van der Waals surface area contributed by atoms with Gasteiger partial charge in [0.1, 0.15) is 0 Å². The van der Waals surface area contributed by atoms with Crippen LogP contribution in [0, 0.1) is 0 Å². The van der Waals surface area contributed by atoms with Gasteiger partial charge in [-0.3, -0.25) is 14.4 Å². The van der Waals surface area contributed by atoms with Gasteiger partial charge in [0.15, 0.2) is 5.78 Å². The van der Waals surface area contributed by atoms with Gasteiger partial charge in [0, 0.05) is 28.6 Å². The molecule has 6 heteroatoms. The second kappa shape index (κ2) is 9.87. The van der Waals surface area contributed by atoms with Crippen molar-refractivity contribution in [3.05, 3.63) is 64.1 Å². The Morgan fingerprint density at radius 2 is 1.62 bits per heavy atom. The molecule has 0 aliphatic rings. The number of carbonyl (C=O) groups excluding carboxylic acids is 3. The average Bonchev–Trinajstić information content (AvgIpc) is 2.65. The van der Waals surface area contributed by atoms with Gasteiger partial charge in [-0.15, -0.1) is 0 Å². The monoisotopic (exact) mass is 416 g/mol. The lowest BCUT2D eigenvalue weighted by Crippen LogP contribution is -2.33. The maximum Gasteiger partial charge on any atom is 0.243 e. The molecule has 0 saturated heterocycles. The van der Waals surface area contributed by atoms with Crippen LogP contribution in [0.3, 0.4) is 0 Å². The van der Waals surface area contributed by atoms with Gasteiger partial charge in [0.25, 0.3) is 0 Å². The number of amides is 2. The van der Waals surface area contributed by atoms with Crippen molar-refractivity contribution in [2.24, 2.45) is 0 Å². The van der Waals surface area contributed by atoms with Crippen molar-refractivity contribution in [1.29, 1.82) is 0 Å². The van der Waals surface area contributed by atoms with E-state index in [4.69, 9.17) is 0 Å². The van der Waals surface area contributed by atoms with E-state index < -0.39 is 0 Å². The molecule has 0 heterocycles. The minimum absolute atomic E-state index is 0.0493. The summed E-state index contributed by atoms with van der Waals surface area (Å²) in [5.74, 6) is -0.721. The molecule has 136 valence electrons. The molecule has 2 N–H and O–H groups in total. The van der Waals surface area contributed by atoms with Crippen molar-refractivity contribution < 1.29 is 14.4 Å². The molecule has 0 aromatic heterocycles. The first kappa shape index (κ1) is 19.8. The highest BCUT2D eigenvalue weighted by molar-refractivity contribution is 9.10. The lowest BCUT2D eigenvalue weighted by Gasteiger charge is -2.10. The first-order chi connectivity index (χ1) is 12.5. The topological polar surface area (TPSA) is 75.3 Å². The summed E-state index contributed by atoms with van der Waals surface area (Å²) in [4.78, 5) is 35.9. The van der Waals surface area contributed by atoms with E-state index in [1.165, 1.54) is 0 Å². The minimum atomic E-state index is -0.325. The van der Waals surface area contributed by atoms with Crippen LogP contribution in [-0.2, 0) is 16.0 Å². The van der Waals surface area contributed by atoms with Crippen molar-refractivity contribution in [2.45, 2.75) is 26.2 Å². The Bertz CT molecular complexity index is 788. The Morgan fingerprint density at radius 1 is 0.923 bits per heavy atom. The van der Waals surface area contributed by atoms with Crippen molar-refractivity contribution in [1.82, 2.24) is 5.32 Å². The van der Waals surface area contributed by atoms with E-state index in [9.17, 15) is 14.4 Å². The molecule has 0 aliphatic carbocycles. The number of halogens is 1. The third-order valence-corrected chi connectivity index (χ3v) is 4.39. The SMILES string of the molecule is CCc1ccccc1NC(=O)CNC(=O)CCC(=O)c1ccc(Br)cc1. The van der Waals surface area contributed by atoms with E-state index in [0.29, 0.717) is 5.56 Å². The van der Waals surface area contributed by atoms with Crippen LogP contribution < -0.4 is 10.6 Å². The standard InChI is InChI=1S/C20H21BrN2O3/c1-2-14-5-3-4-6-17(14)23-20(26)13-22-19(25)12-11-18(24)15-7-9-16(21)10-8-15/h3-10H,2,11-13H2,1H3,(H,22,25)(H,23,26). The highest BCUT2D eigenvalue weighted by Crippen LogP contribution is 2.15. The Balaban J connectivity index is 1.75. The average molecular weight is 417 g/mol. The van der Waals surface area contributed by atoms with Gasteiger partial charge in [-0.2, -0.15) is 0 Å². The van der Waals surface area contributed by atoms with Crippen LogP contribution in [0.25, 0.3) is 0 Å². The predicted octanol–water partition coefficient (Wildman–Crippen LogP) is 3.73. The maximum atomic E-state index is 12.0. The van der Waals surface area contributed by atoms with Crippen LogP contribution >= 0.6 is 15.9 Å². The maximum absolute atomic E-state index is 12.0. The van der Waals surface area contributed by atoms with Gasteiger partial charge in [-0.05, 0) is 30.2 Å². The summed E-state index contributed by atoms with van der Waals surface area (Å²) >= 11 is 3.31. The molecular weight excluding hydrogens is 396 g/mol. The third-order valence-electron chi connectivity index (χ3n) is 3.86. The number of ketones is 1. The van der Waals surface area contributed by atoms with Gasteiger partial charge in [-0.1, -0.05) is 53.2 Å². The lowest BCUT2D eigenvalue weighted by atomic mass is 10.1. The number of para-hydroxylation sites is 1. The fourth-order valence-electron chi connectivity index (χ4n) is 2.42. The van der Waals surface area contributed by atoms with E-state index in [0.717, 1.165) is 22.1 Å². The molecule has 0 saturated carbocycles. The molecule has 0 unspecified atom stereocenters. The largest absolute Gasteiger partial charge is 0.347 e. The van der Waals surface area contributed by atoms with Gasteiger partial charge in [0.05, 0.1) is 6.54 Å². The minimum Gasteiger partial charge on any atom is -0.347 e. The second-order valence-corrected chi connectivity index (χ2v) is 6.68.